The standard InChI is InChI=1S/C15H14FNO6S.C8H10FNO2.C7H5ClO4S.CH4/c16-14-10(7-18)4-12(5-11(14)8-19)17-24(22,23)13-3-1-2-9(6-13)15(20)21;9-8-5(3-11)1-7(10)2-6(8)4-12;8-13(11,12)6-3-1-2-5(4-6)7(9)10;/h1-6,17-19H,7-8H2,(H,20,21);1-2,11-12H,3-4,10H2;1-4H,(H,9,10);1H4. The van der Waals surface area contributed by atoms with Gasteiger partial charge >= 0.3 is 11.9 Å². The van der Waals surface area contributed by atoms with E-state index in [1.165, 1.54) is 48.5 Å². The molecule has 4 aromatic rings. The minimum atomic E-state index is -4.13. The van der Waals surface area contributed by atoms with Crippen molar-refractivity contribution in [2.45, 2.75) is 43.6 Å². The molecule has 0 aliphatic carbocycles. The van der Waals surface area contributed by atoms with Gasteiger partial charge in [-0.1, -0.05) is 19.6 Å². The van der Waals surface area contributed by atoms with Gasteiger partial charge in [-0.15, -0.1) is 0 Å². The molecule has 9 N–H and O–H groups in total. The zero-order valence-corrected chi connectivity index (χ0v) is 27.3. The Labute approximate surface area is 290 Å². The Kier molecular flexibility index (Phi) is 16.4. The Morgan fingerprint density at radius 1 is 0.660 bits per heavy atom. The number of halogens is 3. The van der Waals surface area contributed by atoms with Crippen LogP contribution in [0.2, 0.25) is 0 Å². The van der Waals surface area contributed by atoms with Gasteiger partial charge in [0, 0.05) is 44.3 Å². The van der Waals surface area contributed by atoms with Crippen LogP contribution < -0.4 is 10.5 Å². The fourth-order valence-corrected chi connectivity index (χ4v) is 5.72. The molecule has 14 nitrogen and oxygen atoms in total. The number of carboxylic acids is 2. The summed E-state index contributed by atoms with van der Waals surface area (Å²) in [6.45, 7) is -2.18. The lowest BCUT2D eigenvalue weighted by molar-refractivity contribution is 0.0685. The summed E-state index contributed by atoms with van der Waals surface area (Å²) in [7, 11) is -2.97. The quantitative estimate of drug-likeness (QED) is 0.0849. The van der Waals surface area contributed by atoms with Crippen LogP contribution in [0, 0.1) is 11.6 Å². The van der Waals surface area contributed by atoms with Crippen molar-refractivity contribution in [3.8, 4) is 0 Å². The molecular weight excluding hydrogens is 730 g/mol. The number of carbonyl (C=O) groups is 2. The number of sulfonamides is 1. The van der Waals surface area contributed by atoms with Crippen LogP contribution in [-0.4, -0.2) is 59.4 Å². The first-order chi connectivity index (χ1) is 22.9. The number of aliphatic hydroxyl groups excluding tert-OH is 4. The summed E-state index contributed by atoms with van der Waals surface area (Å²) in [6.07, 6.45) is 0. The van der Waals surface area contributed by atoms with Gasteiger partial charge in [0.15, 0.2) is 0 Å². The van der Waals surface area contributed by atoms with Gasteiger partial charge in [-0.05, 0) is 60.7 Å². The highest BCUT2D eigenvalue weighted by Gasteiger charge is 2.19. The summed E-state index contributed by atoms with van der Waals surface area (Å²) < 4.78 is 75.3. The molecule has 50 heavy (non-hydrogen) atoms. The summed E-state index contributed by atoms with van der Waals surface area (Å²) in [4.78, 5) is 20.9. The summed E-state index contributed by atoms with van der Waals surface area (Å²) in [5.41, 5.74) is 5.21. The summed E-state index contributed by atoms with van der Waals surface area (Å²) in [6, 6.07) is 14.4. The van der Waals surface area contributed by atoms with Crippen LogP contribution in [0.3, 0.4) is 0 Å². The van der Waals surface area contributed by atoms with Gasteiger partial charge < -0.3 is 36.4 Å². The van der Waals surface area contributed by atoms with Crippen molar-refractivity contribution in [3.63, 3.8) is 0 Å². The lowest BCUT2D eigenvalue weighted by Crippen LogP contribution is -2.14. The average Bonchev–Trinajstić information content (AvgIpc) is 3.06. The molecule has 0 radical (unpaired) electrons. The van der Waals surface area contributed by atoms with Crippen LogP contribution in [0.4, 0.5) is 20.2 Å². The van der Waals surface area contributed by atoms with Crippen LogP contribution in [0.15, 0.2) is 82.6 Å². The number of rotatable bonds is 10. The van der Waals surface area contributed by atoms with Crippen molar-refractivity contribution in [3.05, 3.63) is 118 Å². The number of nitrogens with one attached hydrogen (secondary N) is 1. The molecule has 0 aromatic heterocycles. The minimum Gasteiger partial charge on any atom is -0.478 e. The van der Waals surface area contributed by atoms with E-state index in [-0.39, 0.29) is 56.3 Å². The van der Waals surface area contributed by atoms with Crippen molar-refractivity contribution >= 4 is 53.1 Å². The second-order valence-electron chi connectivity index (χ2n) is 9.60. The number of aliphatic hydroxyl groups is 4. The molecule has 0 atom stereocenters. The minimum absolute atomic E-state index is 0. The summed E-state index contributed by atoms with van der Waals surface area (Å²) >= 11 is 0. The zero-order valence-electron chi connectivity index (χ0n) is 24.9. The van der Waals surface area contributed by atoms with E-state index in [0.717, 1.165) is 24.3 Å². The normalized spacial score (nSPS) is 10.8. The van der Waals surface area contributed by atoms with Crippen LogP contribution >= 0.6 is 10.7 Å². The lowest BCUT2D eigenvalue weighted by atomic mass is 10.1. The first kappa shape index (κ1) is 43.3. The maximum atomic E-state index is 13.8. The van der Waals surface area contributed by atoms with Gasteiger partial charge in [-0.2, -0.15) is 0 Å². The van der Waals surface area contributed by atoms with E-state index < -0.39 is 69.1 Å². The van der Waals surface area contributed by atoms with Gasteiger partial charge in [0.2, 0.25) is 0 Å². The first-order valence-corrected chi connectivity index (χ1v) is 17.1. The van der Waals surface area contributed by atoms with E-state index in [1.807, 2.05) is 0 Å². The molecule has 0 spiro atoms. The van der Waals surface area contributed by atoms with Crippen molar-refractivity contribution in [2.75, 3.05) is 10.5 Å². The van der Waals surface area contributed by atoms with Crippen LogP contribution in [-0.2, 0) is 45.5 Å². The van der Waals surface area contributed by atoms with E-state index >= 15 is 0 Å². The molecule has 4 aromatic carbocycles. The molecule has 19 heteroatoms. The molecular formula is C31H33ClF2N2O12S2. The number of hydrogen-bond donors (Lipinski definition) is 8. The Balaban J connectivity index is 0.000000407. The Bertz CT molecular complexity index is 2000. The fourth-order valence-electron chi connectivity index (χ4n) is 3.84. The van der Waals surface area contributed by atoms with Crippen LogP contribution in [0.1, 0.15) is 50.4 Å². The molecule has 0 saturated heterocycles. The topological polar surface area (TPSA) is 262 Å². The van der Waals surface area contributed by atoms with Crippen molar-refractivity contribution in [1.82, 2.24) is 0 Å². The lowest BCUT2D eigenvalue weighted by Gasteiger charge is -2.12. The fraction of sp³-hybridized carbons (Fsp3) is 0.161. The summed E-state index contributed by atoms with van der Waals surface area (Å²) in [5, 5.41) is 53.1. The predicted octanol–water partition coefficient (Wildman–Crippen LogP) is 3.65. The van der Waals surface area contributed by atoms with E-state index in [9.17, 15) is 35.2 Å². The largest absolute Gasteiger partial charge is 0.478 e. The van der Waals surface area contributed by atoms with Gasteiger partial charge in [-0.3, -0.25) is 4.72 Å². The van der Waals surface area contributed by atoms with Crippen molar-refractivity contribution in [1.29, 1.82) is 0 Å². The Hall–Kier alpha value is -4.69. The van der Waals surface area contributed by atoms with E-state index in [1.54, 1.807) is 0 Å². The summed E-state index contributed by atoms with van der Waals surface area (Å²) in [5.74, 6) is -3.88. The number of hydrogen-bond acceptors (Lipinski definition) is 11. The van der Waals surface area contributed by atoms with Gasteiger partial charge in [0.25, 0.3) is 19.1 Å². The number of nitrogens with two attached hydrogens (primary N) is 1. The number of benzene rings is 4. The average molecular weight is 763 g/mol. The SMILES string of the molecule is C.Nc1cc(CO)c(F)c(CO)c1.O=C(O)c1cccc(S(=O)(=O)Cl)c1.O=C(O)c1cccc(S(=O)(=O)Nc2cc(CO)c(F)c(CO)c2)c1. The molecule has 272 valence electrons. The molecule has 0 unspecified atom stereocenters. The van der Waals surface area contributed by atoms with Gasteiger partial charge in [-0.25, -0.2) is 35.2 Å². The zero-order chi connectivity index (χ0) is 37.1. The molecule has 0 amide bonds. The Morgan fingerprint density at radius 3 is 1.38 bits per heavy atom. The van der Waals surface area contributed by atoms with Gasteiger partial charge in [0.05, 0.1) is 47.3 Å². The third kappa shape index (κ3) is 12.0. The highest BCUT2D eigenvalue weighted by Crippen LogP contribution is 2.24. The second kappa shape index (κ2) is 18.9. The number of nitrogen functional groups attached to an aromatic ring is 1. The number of carboxylic acid groups (broad SMARTS) is 2. The molecule has 4 rings (SSSR count). The predicted molar refractivity (Wildman–Crippen MR) is 178 cm³/mol. The monoisotopic (exact) mass is 762 g/mol. The van der Waals surface area contributed by atoms with Crippen molar-refractivity contribution in [2.24, 2.45) is 0 Å². The molecule has 0 fully saturated rings. The van der Waals surface area contributed by atoms with E-state index in [0.29, 0.717) is 5.69 Å². The van der Waals surface area contributed by atoms with Crippen molar-refractivity contribution < 1.29 is 65.8 Å². The van der Waals surface area contributed by atoms with E-state index in [4.69, 9.17) is 47.1 Å². The number of anilines is 2. The molecule has 0 saturated carbocycles. The highest BCUT2D eigenvalue weighted by atomic mass is 35.7. The smallest absolute Gasteiger partial charge is 0.335 e. The second-order valence-corrected chi connectivity index (χ2v) is 13.9. The third-order valence-electron chi connectivity index (χ3n) is 6.16. The molecule has 0 aliphatic rings. The molecule has 0 heterocycles. The maximum absolute atomic E-state index is 13.8. The van der Waals surface area contributed by atoms with Gasteiger partial charge in [0.1, 0.15) is 11.6 Å². The molecule has 0 bridgehead atoms. The van der Waals surface area contributed by atoms with E-state index in [2.05, 4.69) is 4.72 Å². The van der Waals surface area contributed by atoms with Crippen LogP contribution in [0.5, 0.6) is 0 Å². The number of aromatic carboxylic acids is 2. The molecule has 0 aliphatic heterocycles. The maximum Gasteiger partial charge on any atom is 0.335 e. The third-order valence-corrected chi connectivity index (χ3v) is 8.89. The Morgan fingerprint density at radius 2 is 1.02 bits per heavy atom. The first-order valence-electron chi connectivity index (χ1n) is 13.3. The van der Waals surface area contributed by atoms with Crippen LogP contribution in [0.25, 0.3) is 0 Å². The highest BCUT2D eigenvalue weighted by molar-refractivity contribution is 8.13.